The molecule has 0 fully saturated rings. The van der Waals surface area contributed by atoms with Gasteiger partial charge in [0.1, 0.15) is 35.2 Å². The van der Waals surface area contributed by atoms with E-state index in [1.807, 2.05) is 140 Å². The van der Waals surface area contributed by atoms with Gasteiger partial charge in [0.15, 0.2) is 31.0 Å². The number of benzene rings is 5. The molecule has 1 atom stereocenters. The van der Waals surface area contributed by atoms with Crippen molar-refractivity contribution in [3.63, 3.8) is 0 Å². The molecular formula is C75H90N5+5. The third-order valence-electron chi connectivity index (χ3n) is 13.9. The Kier molecular flexibility index (Phi) is 17.0. The summed E-state index contributed by atoms with van der Waals surface area (Å²) >= 11 is 0. The molecule has 10 aromatic rings. The highest BCUT2D eigenvalue weighted by atomic mass is 14.9. The van der Waals surface area contributed by atoms with Gasteiger partial charge in [-0.2, -0.15) is 0 Å². The van der Waals surface area contributed by atoms with Crippen LogP contribution in [0.1, 0.15) is 107 Å². The number of hydrogen-bond acceptors (Lipinski definition) is 0. The topological polar surface area (TPSA) is 19.4 Å². The molecular weight excluding hydrogens is 971 g/mol. The first-order valence-corrected chi connectivity index (χ1v) is 27.3. The fourth-order valence-electron chi connectivity index (χ4n) is 9.52. The lowest BCUT2D eigenvalue weighted by Crippen LogP contribution is -2.30. The Morgan fingerprint density at radius 1 is 0.400 bits per heavy atom. The number of aryl methyl sites for hydroxylation is 12. The molecule has 410 valence electrons. The SMILES string of the molecule is Cc1cc(CC(C)C)ccc1-c1cccc[n+]1C.Cc1ccc(C)c(-c2cccc[n+]2C)c1.[2H]C([2H])([2H])C([2H])(C)c1ccc(-c2cccc[n+]2C)c(C)c1.[2H]C([2H])([2H])C([2H])([2H])c1ccc(-c2cccc[n+]2C)cc1.[2H]C([2H])([2H])c1ccc(-c2cccc[n+]2C)c(C)c1. The first kappa shape index (κ1) is 45.7. The summed E-state index contributed by atoms with van der Waals surface area (Å²) in [6.07, 6.45) is 8.86. The molecule has 5 nitrogen and oxygen atoms in total. The van der Waals surface area contributed by atoms with E-state index in [9.17, 15) is 0 Å². The van der Waals surface area contributed by atoms with Crippen molar-refractivity contribution in [2.24, 2.45) is 41.2 Å². The molecule has 0 saturated heterocycles. The van der Waals surface area contributed by atoms with E-state index in [0.29, 0.717) is 17.0 Å². The van der Waals surface area contributed by atoms with Crippen LogP contribution in [0.4, 0.5) is 0 Å². The lowest BCUT2D eigenvalue weighted by atomic mass is 9.96. The maximum Gasteiger partial charge on any atom is 0.212 e. The minimum atomic E-state index is -2.67. The first-order valence-electron chi connectivity index (χ1n) is 33.3. The lowest BCUT2D eigenvalue weighted by molar-refractivity contribution is -0.660. The van der Waals surface area contributed by atoms with E-state index in [4.69, 9.17) is 16.4 Å². The van der Waals surface area contributed by atoms with Crippen LogP contribution in [0.5, 0.6) is 0 Å². The van der Waals surface area contributed by atoms with Crippen LogP contribution in [0, 0.1) is 47.4 Å². The normalized spacial score (nSPS) is 14.2. The molecule has 0 N–H and O–H groups in total. The number of aromatic nitrogens is 5. The maximum absolute atomic E-state index is 8.17. The quantitative estimate of drug-likeness (QED) is 0.128. The van der Waals surface area contributed by atoms with E-state index in [0.717, 1.165) is 51.3 Å². The largest absolute Gasteiger partial charge is 0.212 e. The predicted octanol–water partition coefficient (Wildman–Crippen LogP) is 15.6. The molecule has 0 aliphatic carbocycles. The molecule has 1 unspecified atom stereocenters. The summed E-state index contributed by atoms with van der Waals surface area (Å²) in [7, 11) is 10.0. The van der Waals surface area contributed by atoms with Gasteiger partial charge in [-0.15, -0.1) is 0 Å². The van der Waals surface area contributed by atoms with Crippen LogP contribution >= 0.6 is 0 Å². The first-order chi connectivity index (χ1) is 43.0. The van der Waals surface area contributed by atoms with Crippen LogP contribution < -0.4 is 22.8 Å². The fourth-order valence-corrected chi connectivity index (χ4v) is 9.52. The van der Waals surface area contributed by atoms with Crippen molar-refractivity contribution < 1.29 is 39.3 Å². The average molecular weight is 1070 g/mol. The molecule has 10 rings (SSSR count). The molecule has 0 radical (unpaired) electrons. The van der Waals surface area contributed by atoms with Gasteiger partial charge in [0.05, 0.1) is 0 Å². The van der Waals surface area contributed by atoms with Gasteiger partial charge in [0.2, 0.25) is 28.5 Å². The highest BCUT2D eigenvalue weighted by Crippen LogP contribution is 2.26. The highest BCUT2D eigenvalue weighted by Gasteiger charge is 2.15. The number of pyridine rings is 5. The van der Waals surface area contributed by atoms with E-state index in [1.165, 1.54) is 63.8 Å². The second kappa shape index (κ2) is 29.7. The summed E-state index contributed by atoms with van der Waals surface area (Å²) in [5.74, 6) is -0.891. The van der Waals surface area contributed by atoms with Crippen molar-refractivity contribution in [2.45, 2.75) is 94.6 Å². The third kappa shape index (κ3) is 17.2. The number of nitrogens with zero attached hydrogens (tertiary/aromatic N) is 5. The zero-order valence-corrected chi connectivity index (χ0v) is 49.3. The highest BCUT2D eigenvalue weighted by molar-refractivity contribution is 5.64. The van der Waals surface area contributed by atoms with Crippen molar-refractivity contribution in [1.29, 1.82) is 0 Å². The van der Waals surface area contributed by atoms with Gasteiger partial charge in [-0.3, -0.25) is 0 Å². The van der Waals surface area contributed by atoms with Crippen molar-refractivity contribution in [3.05, 3.63) is 269 Å². The summed E-state index contributed by atoms with van der Waals surface area (Å²) in [6.45, 7) is 9.28. The second-order valence-electron chi connectivity index (χ2n) is 20.9. The average Bonchev–Trinajstić information content (AvgIpc) is 0.824. The van der Waals surface area contributed by atoms with E-state index in [1.54, 1.807) is 30.3 Å². The van der Waals surface area contributed by atoms with Crippen LogP contribution in [0.2, 0.25) is 0 Å². The Bertz CT molecular complexity index is 4090. The van der Waals surface area contributed by atoms with Gasteiger partial charge < -0.3 is 0 Å². The van der Waals surface area contributed by atoms with Gasteiger partial charge in [-0.05, 0) is 172 Å². The maximum atomic E-state index is 8.17. The van der Waals surface area contributed by atoms with Gasteiger partial charge in [-0.25, -0.2) is 22.8 Å². The molecule has 0 spiro atoms. The Hall–Kier alpha value is -8.15. The van der Waals surface area contributed by atoms with Crippen molar-refractivity contribution >= 4 is 0 Å². The standard InChI is InChI=1S/C17H22N.C16H20N.3C14H16N/c1-13(2)11-15-8-9-16(14(3)12-15)17-7-5-6-10-18(17)4;1-12(2)14-8-9-15(13(3)11-14)16-7-5-6-10-17(16)4;1-11-7-8-13(12(2)10-11)14-6-4-5-9-15(14)3;1-11-7-8-12(2)13(10-11)14-6-4-5-9-15(14)3;1-3-12-7-9-13(10-8-12)14-6-4-5-11-15(14)2/h5-10,12-13H,11H2,1-4H3;5-12H,1-4H3;2*4-10H,1-3H3;4-11H,3H2,1-2H3/q5*+1/i;1D3,12D;1D3;;1D3,3D2. The molecule has 0 saturated carbocycles. The molecule has 5 aromatic carbocycles. The molecule has 0 bridgehead atoms. The molecule has 80 heavy (non-hydrogen) atoms. The van der Waals surface area contributed by atoms with Gasteiger partial charge in [-0.1, -0.05) is 106 Å². The van der Waals surface area contributed by atoms with E-state index >= 15 is 0 Å². The molecule has 5 aromatic heterocycles. The molecule has 5 heteroatoms. The zero-order valence-electron chi connectivity index (χ0n) is 61.3. The second-order valence-corrected chi connectivity index (χ2v) is 20.9. The Labute approximate surface area is 498 Å². The van der Waals surface area contributed by atoms with E-state index in [2.05, 4.69) is 143 Å². The summed E-state index contributed by atoms with van der Waals surface area (Å²) < 4.78 is 101. The van der Waals surface area contributed by atoms with Crippen LogP contribution in [-0.2, 0) is 48.0 Å². The Morgan fingerprint density at radius 2 is 0.825 bits per heavy atom. The molecule has 5 heterocycles. The number of rotatable bonds is 9. The van der Waals surface area contributed by atoms with Crippen molar-refractivity contribution in [2.75, 3.05) is 0 Å². The van der Waals surface area contributed by atoms with Crippen molar-refractivity contribution in [1.82, 2.24) is 0 Å². The smallest absolute Gasteiger partial charge is 0.201 e. The van der Waals surface area contributed by atoms with Crippen LogP contribution in [-0.4, -0.2) is 0 Å². The van der Waals surface area contributed by atoms with Crippen LogP contribution in [0.3, 0.4) is 0 Å². The van der Waals surface area contributed by atoms with Gasteiger partial charge >= 0.3 is 0 Å². The predicted molar refractivity (Wildman–Crippen MR) is 336 cm³/mol. The Morgan fingerprint density at radius 3 is 1.25 bits per heavy atom. The molecule has 0 aliphatic rings. The van der Waals surface area contributed by atoms with Crippen LogP contribution in [0.25, 0.3) is 56.3 Å². The lowest BCUT2D eigenvalue weighted by Gasteiger charge is -2.09. The van der Waals surface area contributed by atoms with Crippen LogP contribution in [0.15, 0.2) is 219 Å². The molecule has 0 amide bonds. The van der Waals surface area contributed by atoms with E-state index in [-0.39, 0.29) is 5.56 Å². The van der Waals surface area contributed by atoms with Crippen molar-refractivity contribution in [3.8, 4) is 56.3 Å². The zero-order chi connectivity index (χ0) is 68.1. The summed E-state index contributed by atoms with van der Waals surface area (Å²) in [5, 5.41) is 0. The summed E-state index contributed by atoms with van der Waals surface area (Å²) in [6, 6.07) is 61.1. The minimum absolute atomic E-state index is 0.167. The fraction of sp³-hybridized carbons (Fsp3) is 0.267. The molecule has 0 aliphatic heterocycles. The summed E-state index contributed by atoms with van der Waals surface area (Å²) in [4.78, 5) is 0. The third-order valence-corrected chi connectivity index (χ3v) is 13.9. The summed E-state index contributed by atoms with van der Waals surface area (Å²) in [5.41, 5.74) is 19.7. The van der Waals surface area contributed by atoms with E-state index < -0.39 is 32.8 Å². The monoisotopic (exact) mass is 1070 g/mol. The number of hydrogen-bond donors (Lipinski definition) is 0. The Balaban J connectivity index is 0.000000183. The van der Waals surface area contributed by atoms with Gasteiger partial charge in [0, 0.05) is 105 Å². The minimum Gasteiger partial charge on any atom is -0.201 e. The van der Waals surface area contributed by atoms with Gasteiger partial charge in [0.25, 0.3) is 0 Å².